The molecule has 94 valence electrons. The molecule has 0 aromatic rings. The Morgan fingerprint density at radius 1 is 0.938 bits per heavy atom. The molecule has 1 aliphatic rings. The second-order valence-corrected chi connectivity index (χ2v) is 7.30. The second kappa shape index (κ2) is 4.01. The standard InChI is InChI=1S/C13H27N3/c1-9(2)16-11(13(6,7)8)10(14-15-16)12(3,4)5/h9-11H,1-8H3. The fourth-order valence-corrected chi connectivity index (χ4v) is 2.32. The zero-order chi connectivity index (χ0) is 12.7. The molecular formula is C13H27N3. The lowest BCUT2D eigenvalue weighted by Gasteiger charge is -2.41. The van der Waals surface area contributed by atoms with Crippen molar-refractivity contribution >= 4 is 0 Å². The number of hydrogen-bond acceptors (Lipinski definition) is 3. The van der Waals surface area contributed by atoms with Crippen LogP contribution in [-0.2, 0) is 0 Å². The quantitative estimate of drug-likeness (QED) is 0.665. The molecule has 1 heterocycles. The molecule has 1 rings (SSSR count). The van der Waals surface area contributed by atoms with Crippen molar-refractivity contribution in [3.8, 4) is 0 Å². The molecule has 0 amide bonds. The van der Waals surface area contributed by atoms with Crippen LogP contribution in [0.25, 0.3) is 0 Å². The Labute approximate surface area is 100 Å². The summed E-state index contributed by atoms with van der Waals surface area (Å²) in [6, 6.07) is 1.10. The first-order chi connectivity index (χ1) is 7.05. The molecule has 0 aromatic heterocycles. The van der Waals surface area contributed by atoms with Gasteiger partial charge in [0.05, 0.1) is 6.04 Å². The highest BCUT2D eigenvalue weighted by molar-refractivity contribution is 5.00. The molecule has 2 atom stereocenters. The summed E-state index contributed by atoms with van der Waals surface area (Å²) >= 11 is 0. The Hall–Kier alpha value is -0.600. The third kappa shape index (κ3) is 2.55. The minimum Gasteiger partial charge on any atom is -0.270 e. The summed E-state index contributed by atoms with van der Waals surface area (Å²) in [5.74, 6) is 0. The Bertz CT molecular complexity index is 268. The predicted molar refractivity (Wildman–Crippen MR) is 68.3 cm³/mol. The summed E-state index contributed by atoms with van der Waals surface area (Å²) in [5.41, 5.74) is 0.372. The molecule has 0 N–H and O–H groups in total. The molecule has 0 aliphatic carbocycles. The largest absolute Gasteiger partial charge is 0.270 e. The van der Waals surface area contributed by atoms with Crippen LogP contribution in [0.3, 0.4) is 0 Å². The molecular weight excluding hydrogens is 198 g/mol. The predicted octanol–water partition coefficient (Wildman–Crippen LogP) is 3.91. The van der Waals surface area contributed by atoms with Crippen molar-refractivity contribution < 1.29 is 0 Å². The third-order valence-corrected chi connectivity index (χ3v) is 3.17. The highest BCUT2D eigenvalue weighted by atomic mass is 15.6. The lowest BCUT2D eigenvalue weighted by molar-refractivity contribution is 0.0599. The van der Waals surface area contributed by atoms with Crippen molar-refractivity contribution in [2.45, 2.75) is 73.5 Å². The van der Waals surface area contributed by atoms with Crippen LogP contribution in [0.1, 0.15) is 55.4 Å². The van der Waals surface area contributed by atoms with Crippen LogP contribution < -0.4 is 0 Å². The van der Waals surface area contributed by atoms with Gasteiger partial charge in [-0.3, -0.25) is 5.01 Å². The van der Waals surface area contributed by atoms with E-state index in [1.807, 2.05) is 0 Å². The minimum absolute atomic E-state index is 0.172. The first-order valence-electron chi connectivity index (χ1n) is 6.24. The van der Waals surface area contributed by atoms with Crippen molar-refractivity contribution in [2.75, 3.05) is 0 Å². The van der Waals surface area contributed by atoms with Crippen LogP contribution in [0.2, 0.25) is 0 Å². The minimum atomic E-state index is 0.172. The number of hydrogen-bond donors (Lipinski definition) is 0. The van der Waals surface area contributed by atoms with E-state index in [9.17, 15) is 0 Å². The van der Waals surface area contributed by atoms with Crippen LogP contribution in [0.4, 0.5) is 0 Å². The van der Waals surface area contributed by atoms with Gasteiger partial charge in [-0.25, -0.2) is 0 Å². The van der Waals surface area contributed by atoms with Crippen LogP contribution in [0.15, 0.2) is 10.3 Å². The highest BCUT2D eigenvalue weighted by Crippen LogP contribution is 2.41. The van der Waals surface area contributed by atoms with E-state index in [0.717, 1.165) is 0 Å². The summed E-state index contributed by atoms with van der Waals surface area (Å²) < 4.78 is 0. The lowest BCUT2D eigenvalue weighted by atomic mass is 9.73. The molecule has 0 saturated carbocycles. The zero-order valence-corrected chi connectivity index (χ0v) is 12.1. The maximum atomic E-state index is 4.51. The molecule has 0 saturated heterocycles. The highest BCUT2D eigenvalue weighted by Gasteiger charge is 2.46. The summed E-state index contributed by atoms with van der Waals surface area (Å²) in [6.45, 7) is 18.0. The monoisotopic (exact) mass is 225 g/mol. The van der Waals surface area contributed by atoms with Gasteiger partial charge in [0, 0.05) is 6.04 Å². The van der Waals surface area contributed by atoms with E-state index in [4.69, 9.17) is 0 Å². The molecule has 0 bridgehead atoms. The Morgan fingerprint density at radius 2 is 1.44 bits per heavy atom. The van der Waals surface area contributed by atoms with Crippen molar-refractivity contribution in [3.05, 3.63) is 0 Å². The molecule has 3 nitrogen and oxygen atoms in total. The van der Waals surface area contributed by atoms with Gasteiger partial charge in [0.15, 0.2) is 0 Å². The fraction of sp³-hybridized carbons (Fsp3) is 1.00. The van der Waals surface area contributed by atoms with Gasteiger partial charge >= 0.3 is 0 Å². The Kier molecular flexibility index (Phi) is 3.37. The number of rotatable bonds is 1. The van der Waals surface area contributed by atoms with Crippen LogP contribution in [0.5, 0.6) is 0 Å². The van der Waals surface area contributed by atoms with Crippen LogP contribution >= 0.6 is 0 Å². The fourth-order valence-electron chi connectivity index (χ4n) is 2.32. The van der Waals surface area contributed by atoms with Gasteiger partial charge < -0.3 is 0 Å². The van der Waals surface area contributed by atoms with Gasteiger partial charge in [0.2, 0.25) is 0 Å². The van der Waals surface area contributed by atoms with E-state index in [0.29, 0.717) is 12.1 Å². The topological polar surface area (TPSA) is 28.0 Å². The summed E-state index contributed by atoms with van der Waals surface area (Å²) in [6.07, 6.45) is 0. The van der Waals surface area contributed by atoms with Crippen LogP contribution in [-0.4, -0.2) is 23.1 Å². The SMILES string of the molecule is CC(C)N1N=NC(C(C)(C)C)C1C(C)(C)C. The van der Waals surface area contributed by atoms with Gasteiger partial charge in [0.25, 0.3) is 0 Å². The molecule has 3 heteroatoms. The van der Waals surface area contributed by atoms with Gasteiger partial charge in [-0.05, 0) is 24.7 Å². The molecule has 1 aliphatic heterocycles. The average Bonchev–Trinajstić information content (AvgIpc) is 2.43. The van der Waals surface area contributed by atoms with E-state index in [2.05, 4.69) is 70.7 Å². The Balaban J connectivity index is 3.03. The van der Waals surface area contributed by atoms with Crippen molar-refractivity contribution in [1.82, 2.24) is 5.01 Å². The smallest absolute Gasteiger partial charge is 0.100 e. The molecule has 0 spiro atoms. The van der Waals surface area contributed by atoms with E-state index in [-0.39, 0.29) is 16.9 Å². The van der Waals surface area contributed by atoms with Crippen molar-refractivity contribution in [1.29, 1.82) is 0 Å². The van der Waals surface area contributed by atoms with Crippen LogP contribution in [0, 0.1) is 10.8 Å². The molecule has 0 aromatic carbocycles. The number of nitrogens with zero attached hydrogens (tertiary/aromatic N) is 3. The molecule has 16 heavy (non-hydrogen) atoms. The maximum Gasteiger partial charge on any atom is 0.100 e. The van der Waals surface area contributed by atoms with Gasteiger partial charge in [0.1, 0.15) is 6.04 Å². The van der Waals surface area contributed by atoms with E-state index < -0.39 is 0 Å². The second-order valence-electron chi connectivity index (χ2n) is 7.30. The zero-order valence-electron chi connectivity index (χ0n) is 12.1. The maximum absolute atomic E-state index is 4.51. The van der Waals surface area contributed by atoms with Gasteiger partial charge in [-0.15, -0.1) is 0 Å². The summed E-state index contributed by atoms with van der Waals surface area (Å²) in [7, 11) is 0. The lowest BCUT2D eigenvalue weighted by Crippen LogP contribution is -2.51. The van der Waals surface area contributed by atoms with E-state index in [1.165, 1.54) is 0 Å². The molecule has 0 radical (unpaired) electrons. The first kappa shape index (κ1) is 13.5. The van der Waals surface area contributed by atoms with Crippen molar-refractivity contribution in [2.24, 2.45) is 21.2 Å². The normalized spacial score (nSPS) is 26.9. The summed E-state index contributed by atoms with van der Waals surface area (Å²) in [4.78, 5) is 0. The average molecular weight is 225 g/mol. The summed E-state index contributed by atoms with van der Waals surface area (Å²) in [5, 5.41) is 11.1. The van der Waals surface area contributed by atoms with Gasteiger partial charge in [-0.2, -0.15) is 5.11 Å². The Morgan fingerprint density at radius 3 is 1.75 bits per heavy atom. The third-order valence-electron chi connectivity index (χ3n) is 3.17. The van der Waals surface area contributed by atoms with Crippen molar-refractivity contribution in [3.63, 3.8) is 0 Å². The van der Waals surface area contributed by atoms with E-state index >= 15 is 0 Å². The van der Waals surface area contributed by atoms with E-state index in [1.54, 1.807) is 0 Å². The molecule has 2 unspecified atom stereocenters. The van der Waals surface area contributed by atoms with Gasteiger partial charge in [-0.1, -0.05) is 46.8 Å². The first-order valence-corrected chi connectivity index (χ1v) is 6.24. The molecule has 0 fully saturated rings.